The largest absolute Gasteiger partial charge is 0.497 e. The highest BCUT2D eigenvalue weighted by molar-refractivity contribution is 6.74. The number of nitrogens with zero attached hydrogens (tertiary/aromatic N) is 2. The molecule has 0 saturated carbocycles. The fourth-order valence-corrected chi connectivity index (χ4v) is 6.89. The van der Waals surface area contributed by atoms with Gasteiger partial charge >= 0.3 is 12.0 Å². The molecule has 1 aliphatic heterocycles. The van der Waals surface area contributed by atoms with Gasteiger partial charge < -0.3 is 28.4 Å². The molecule has 3 aromatic rings. The molecule has 47 heavy (non-hydrogen) atoms. The first-order valence-corrected chi connectivity index (χ1v) is 19.2. The predicted octanol–water partition coefficient (Wildman–Crippen LogP) is 7.63. The number of methoxy groups -OCH3 is 2. The molecular formula is C38H50N2O6Si. The van der Waals surface area contributed by atoms with E-state index >= 15 is 0 Å². The van der Waals surface area contributed by atoms with Gasteiger partial charge in [-0.3, -0.25) is 0 Å². The third-order valence-electron chi connectivity index (χ3n) is 9.23. The van der Waals surface area contributed by atoms with Crippen molar-refractivity contribution in [1.29, 1.82) is 0 Å². The molecule has 0 aromatic heterocycles. The molecular weight excluding hydrogens is 609 g/mol. The van der Waals surface area contributed by atoms with Crippen LogP contribution in [0.5, 0.6) is 11.5 Å². The second-order valence-corrected chi connectivity index (χ2v) is 18.2. The number of carbonyl (C=O) groups is 2. The van der Waals surface area contributed by atoms with Gasteiger partial charge in [0.15, 0.2) is 8.32 Å². The Labute approximate surface area is 281 Å². The molecule has 1 saturated heterocycles. The number of ether oxygens (including phenoxy) is 3. The summed E-state index contributed by atoms with van der Waals surface area (Å²) in [7, 11) is 0.870. The second kappa shape index (κ2) is 15.7. The summed E-state index contributed by atoms with van der Waals surface area (Å²) < 4.78 is 23.4. The molecule has 0 aliphatic carbocycles. The van der Waals surface area contributed by atoms with Crippen molar-refractivity contribution < 1.29 is 28.2 Å². The van der Waals surface area contributed by atoms with Crippen LogP contribution in [0.25, 0.3) is 0 Å². The van der Waals surface area contributed by atoms with Gasteiger partial charge in [0.25, 0.3) is 0 Å². The Hall–Kier alpha value is -4.08. The van der Waals surface area contributed by atoms with Crippen LogP contribution in [0.3, 0.4) is 0 Å². The number of carbonyl (C=O) groups excluding carboxylic acids is 2. The fraction of sp³-hybridized carbons (Fsp3) is 0.421. The summed E-state index contributed by atoms with van der Waals surface area (Å²) in [5, 5.41) is -0.0945. The molecule has 0 unspecified atom stereocenters. The van der Waals surface area contributed by atoms with Crippen molar-refractivity contribution in [3.05, 3.63) is 108 Å². The second-order valence-electron chi connectivity index (χ2n) is 13.4. The maximum atomic E-state index is 14.9. The number of hydrogen-bond acceptors (Lipinski definition) is 6. The summed E-state index contributed by atoms with van der Waals surface area (Å²) >= 11 is 0. The average Bonchev–Trinajstić information content (AvgIpc) is 3.05. The quantitative estimate of drug-likeness (QED) is 0.107. The minimum Gasteiger partial charge on any atom is -0.497 e. The van der Waals surface area contributed by atoms with Crippen LogP contribution < -0.4 is 9.47 Å². The first-order chi connectivity index (χ1) is 22.4. The van der Waals surface area contributed by atoms with Crippen molar-refractivity contribution in [3.8, 4) is 11.5 Å². The van der Waals surface area contributed by atoms with E-state index in [2.05, 4.69) is 46.0 Å². The first-order valence-electron chi connectivity index (χ1n) is 16.3. The van der Waals surface area contributed by atoms with Gasteiger partial charge in [-0.25, -0.2) is 9.59 Å². The predicted molar refractivity (Wildman–Crippen MR) is 188 cm³/mol. The fourth-order valence-electron chi connectivity index (χ4n) is 5.56. The number of urea groups is 1. The summed E-state index contributed by atoms with van der Waals surface area (Å²) in [6, 6.07) is 24.8. The zero-order valence-corrected chi connectivity index (χ0v) is 30.1. The minimum absolute atomic E-state index is 0.0945. The molecule has 0 spiro atoms. The van der Waals surface area contributed by atoms with E-state index in [0.717, 1.165) is 28.2 Å². The molecule has 1 aliphatic rings. The van der Waals surface area contributed by atoms with Crippen LogP contribution in [0.1, 0.15) is 44.4 Å². The van der Waals surface area contributed by atoms with Gasteiger partial charge in [0.1, 0.15) is 11.5 Å². The van der Waals surface area contributed by atoms with Crippen LogP contribution in [0.2, 0.25) is 18.1 Å². The van der Waals surface area contributed by atoms with E-state index in [-0.39, 0.29) is 23.7 Å². The first kappa shape index (κ1) is 35.8. The van der Waals surface area contributed by atoms with Crippen molar-refractivity contribution in [2.45, 2.75) is 83.5 Å². The van der Waals surface area contributed by atoms with Crippen molar-refractivity contribution in [1.82, 2.24) is 9.80 Å². The monoisotopic (exact) mass is 658 g/mol. The topological polar surface area (TPSA) is 77.5 Å². The minimum atomic E-state index is -2.40. The Kier molecular flexibility index (Phi) is 11.9. The number of amides is 2. The summed E-state index contributed by atoms with van der Waals surface area (Å²) in [5.74, 6) is 1.04. The van der Waals surface area contributed by atoms with E-state index in [0.29, 0.717) is 19.5 Å². The van der Waals surface area contributed by atoms with E-state index in [9.17, 15) is 9.59 Å². The van der Waals surface area contributed by atoms with E-state index < -0.39 is 26.4 Å². The Balaban J connectivity index is 1.89. The van der Waals surface area contributed by atoms with Gasteiger partial charge in [-0.15, -0.1) is 0 Å². The number of rotatable bonds is 13. The Morgan fingerprint density at radius 3 is 1.83 bits per heavy atom. The Morgan fingerprint density at radius 2 is 1.34 bits per heavy atom. The highest BCUT2D eigenvalue weighted by Crippen LogP contribution is 2.41. The lowest BCUT2D eigenvalue weighted by Crippen LogP contribution is -2.68. The van der Waals surface area contributed by atoms with Gasteiger partial charge in [0, 0.05) is 19.2 Å². The summed E-state index contributed by atoms with van der Waals surface area (Å²) in [4.78, 5) is 31.4. The van der Waals surface area contributed by atoms with E-state index in [1.165, 1.54) is 6.08 Å². The molecule has 3 atom stereocenters. The standard InChI is InChI=1S/C38H50N2O6Si/c1-9-45-35(41)24-23-33-36(46-47(7,8)38(2,3)4)34(25-28-13-11-10-12-14-28)40(27-30-17-21-32(44-6)22-18-30)37(42)39(33)26-29-15-19-31(43-5)20-16-29/h10-24,33-34,36H,9,25-27H2,1-8H3/b24-23+/t33-,34-,36-/m1/s1. The van der Waals surface area contributed by atoms with Crippen LogP contribution in [0.15, 0.2) is 91.0 Å². The lowest BCUT2D eigenvalue weighted by Gasteiger charge is -2.53. The van der Waals surface area contributed by atoms with Crippen molar-refractivity contribution in [2.75, 3.05) is 20.8 Å². The van der Waals surface area contributed by atoms with Gasteiger partial charge in [-0.05, 0) is 72.4 Å². The van der Waals surface area contributed by atoms with Crippen molar-refractivity contribution >= 4 is 20.3 Å². The molecule has 1 heterocycles. The van der Waals surface area contributed by atoms with E-state index in [1.54, 1.807) is 27.2 Å². The zero-order chi connectivity index (χ0) is 34.2. The van der Waals surface area contributed by atoms with Crippen molar-refractivity contribution in [2.24, 2.45) is 0 Å². The zero-order valence-electron chi connectivity index (χ0n) is 29.1. The SMILES string of the molecule is CCOC(=O)/C=C/[C@@H]1[C@@H](O[Si](C)(C)C(C)(C)C)[C@@H](Cc2ccccc2)N(Cc2ccc(OC)cc2)C(=O)N1Cc1ccc(OC)cc1. The lowest BCUT2D eigenvalue weighted by molar-refractivity contribution is -0.137. The van der Waals surface area contributed by atoms with Crippen LogP contribution in [-0.4, -0.2) is 69.1 Å². The van der Waals surface area contributed by atoms with Crippen LogP contribution >= 0.6 is 0 Å². The molecule has 3 aromatic carbocycles. The number of esters is 1. The van der Waals surface area contributed by atoms with E-state index in [4.69, 9.17) is 18.6 Å². The molecule has 252 valence electrons. The van der Waals surface area contributed by atoms with Gasteiger partial charge in [-0.1, -0.05) is 81.4 Å². The molecule has 8 nitrogen and oxygen atoms in total. The highest BCUT2D eigenvalue weighted by atomic mass is 28.4. The smallest absolute Gasteiger partial charge is 0.330 e. The third kappa shape index (κ3) is 9.05. The summed E-state index contributed by atoms with van der Waals surface area (Å²) in [6.07, 6.45) is 3.39. The maximum Gasteiger partial charge on any atom is 0.330 e. The summed E-state index contributed by atoms with van der Waals surface area (Å²) in [5.41, 5.74) is 3.02. The molecule has 1 fully saturated rings. The van der Waals surface area contributed by atoms with Crippen LogP contribution in [0.4, 0.5) is 4.79 Å². The van der Waals surface area contributed by atoms with E-state index in [1.807, 2.05) is 76.5 Å². The molecule has 2 amide bonds. The Bertz CT molecular complexity index is 1490. The molecule has 4 rings (SSSR count). The lowest BCUT2D eigenvalue weighted by atomic mass is 9.90. The summed E-state index contributed by atoms with van der Waals surface area (Å²) in [6.45, 7) is 13.8. The Morgan fingerprint density at radius 1 is 0.809 bits per heavy atom. The number of benzene rings is 3. The molecule has 0 radical (unpaired) electrons. The number of hydrogen-bond donors (Lipinski definition) is 0. The van der Waals surface area contributed by atoms with Crippen molar-refractivity contribution in [3.63, 3.8) is 0 Å². The van der Waals surface area contributed by atoms with Gasteiger partial charge in [-0.2, -0.15) is 0 Å². The third-order valence-corrected chi connectivity index (χ3v) is 13.7. The van der Waals surface area contributed by atoms with Gasteiger partial charge in [0.2, 0.25) is 0 Å². The average molecular weight is 659 g/mol. The van der Waals surface area contributed by atoms with Crippen LogP contribution in [0, 0.1) is 0 Å². The molecule has 0 bridgehead atoms. The normalized spacial score (nSPS) is 18.8. The molecule has 9 heteroatoms. The van der Waals surface area contributed by atoms with Crippen LogP contribution in [-0.2, 0) is 33.5 Å². The molecule has 0 N–H and O–H groups in total. The highest BCUT2D eigenvalue weighted by Gasteiger charge is 2.50. The van der Waals surface area contributed by atoms with Gasteiger partial charge in [0.05, 0.1) is 39.0 Å². The maximum absolute atomic E-state index is 14.9.